The zero-order chi connectivity index (χ0) is 98.6. The summed E-state index contributed by atoms with van der Waals surface area (Å²) in [6, 6.07) is 26.6. The molecule has 732 valence electrons. The number of carbonyl (C=O) groups excluding carboxylic acids is 12. The van der Waals surface area contributed by atoms with Crippen molar-refractivity contribution in [3.05, 3.63) is 191 Å². The van der Waals surface area contributed by atoms with E-state index in [2.05, 4.69) is 68.6 Å². The van der Waals surface area contributed by atoms with Crippen molar-refractivity contribution in [2.24, 2.45) is 22.9 Å². The van der Waals surface area contributed by atoms with Gasteiger partial charge in [0.1, 0.15) is 54.4 Å². The minimum Gasteiger partial charge on any atom is -0.480 e. The Kier molecular flexibility index (Phi) is 39.5. The normalized spacial score (nSPS) is 15.8. The van der Waals surface area contributed by atoms with Gasteiger partial charge in [0.05, 0.1) is 32.8 Å². The number of aliphatic hydroxyl groups excluding tert-OH is 1. The van der Waals surface area contributed by atoms with Gasteiger partial charge in [-0.05, 0) is 103 Å². The highest BCUT2D eigenvalue weighted by Gasteiger charge is 2.41. The Morgan fingerprint density at radius 1 is 0.409 bits per heavy atom. The molecule has 137 heavy (non-hydrogen) atoms. The third kappa shape index (κ3) is 32.4. The van der Waals surface area contributed by atoms with Crippen LogP contribution in [0.5, 0.6) is 0 Å². The van der Waals surface area contributed by atoms with Crippen LogP contribution >= 0.6 is 0 Å². The van der Waals surface area contributed by atoms with E-state index in [4.69, 9.17) is 33.8 Å². The fourth-order valence-electron chi connectivity index (χ4n) is 16.5. The lowest BCUT2D eigenvalue weighted by molar-refractivity contribution is -0.142. The van der Waals surface area contributed by atoms with Gasteiger partial charge in [-0.15, -0.1) is 0 Å². The molecule has 2 saturated heterocycles. The van der Waals surface area contributed by atoms with Gasteiger partial charge >= 0.3 is 23.9 Å². The maximum Gasteiger partial charge on any atom is 0.330 e. The minimum absolute atomic E-state index is 0.00966. The van der Waals surface area contributed by atoms with Crippen LogP contribution in [0, 0.1) is 10.8 Å². The smallest absolute Gasteiger partial charge is 0.330 e. The van der Waals surface area contributed by atoms with Crippen molar-refractivity contribution >= 4 is 133 Å². The number of guanidine groups is 2. The van der Waals surface area contributed by atoms with Crippen LogP contribution in [0.15, 0.2) is 158 Å². The Morgan fingerprint density at radius 3 is 1.27 bits per heavy atom. The average molecular weight is 1890 g/mol. The zero-order valence-corrected chi connectivity index (χ0v) is 75.7. The Morgan fingerprint density at radius 2 is 0.803 bits per heavy atom. The van der Waals surface area contributed by atoms with Crippen LogP contribution < -0.4 is 87.0 Å². The molecule has 0 saturated carbocycles. The fourth-order valence-corrected chi connectivity index (χ4v) is 16.5. The highest BCUT2D eigenvalue weighted by Crippen LogP contribution is 2.26. The number of aromatic amines is 2. The predicted octanol–water partition coefficient (Wildman–Crippen LogP) is -2.39. The third-order valence-electron chi connectivity index (χ3n) is 23.6. The molecule has 10 rings (SSSR count). The summed E-state index contributed by atoms with van der Waals surface area (Å²) in [5, 5.41) is 86.5. The molecule has 0 radical (unpaired) electrons. The largest absolute Gasteiger partial charge is 0.480 e. The lowest BCUT2D eigenvalue weighted by Crippen LogP contribution is -2.61. The highest BCUT2D eigenvalue weighted by atomic mass is 16.4. The van der Waals surface area contributed by atoms with E-state index < -0.39 is 182 Å². The number of hydrazine groups is 1. The van der Waals surface area contributed by atoms with Crippen molar-refractivity contribution < 1.29 is 92.3 Å². The van der Waals surface area contributed by atoms with Gasteiger partial charge in [-0.1, -0.05) is 133 Å². The second kappa shape index (κ2) is 52.0. The van der Waals surface area contributed by atoms with Gasteiger partial charge in [0.2, 0.25) is 53.2 Å². The summed E-state index contributed by atoms with van der Waals surface area (Å²) in [6.45, 7) is -2.24. The number of H-pyrrole nitrogens is 2. The van der Waals surface area contributed by atoms with E-state index in [1.165, 1.54) is 4.90 Å². The van der Waals surface area contributed by atoms with Crippen LogP contribution in [-0.2, 0) is 88.0 Å². The van der Waals surface area contributed by atoms with Gasteiger partial charge in [-0.25, -0.2) is 10.2 Å². The van der Waals surface area contributed by atoms with Crippen LogP contribution in [0.1, 0.15) is 89.5 Å². The third-order valence-corrected chi connectivity index (χ3v) is 23.6. The number of primary amides is 1. The van der Waals surface area contributed by atoms with E-state index in [9.17, 15) is 58.8 Å². The molecular weight excluding hydrogens is 1770 g/mol. The first kappa shape index (κ1) is 104. The van der Waals surface area contributed by atoms with Crippen molar-refractivity contribution in [1.29, 1.82) is 10.8 Å². The number of amides is 12. The number of hydrogen-bond acceptors (Lipinski definition) is 23. The first-order valence-electron chi connectivity index (χ1n) is 45.1. The number of nitrogens with zero attached hydrogens (tertiary/aromatic N) is 5. The number of likely N-dealkylation sites (tertiary alicyclic amines) is 1. The molecule has 44 nitrogen and oxygen atoms in total. The number of fused-ring (bicyclic) bond motifs is 3. The molecular formula is C93H121N25O19. The molecule has 4 heterocycles. The number of para-hydroxylation sites is 2. The average Bonchev–Trinajstić information content (AvgIpc) is 1.64. The van der Waals surface area contributed by atoms with Crippen LogP contribution in [0.3, 0.4) is 0 Å². The Hall–Kier alpha value is -15.0. The van der Waals surface area contributed by atoms with Crippen molar-refractivity contribution in [1.82, 2.24) is 98.5 Å². The van der Waals surface area contributed by atoms with Crippen molar-refractivity contribution in [2.75, 3.05) is 111 Å². The minimum atomic E-state index is -1.91. The van der Waals surface area contributed by atoms with Gasteiger partial charge in [0, 0.05) is 143 Å². The molecule has 0 unspecified atom stereocenters. The summed E-state index contributed by atoms with van der Waals surface area (Å²) in [7, 11) is 0. The number of carboxylic acid groups (broad SMARTS) is 3. The van der Waals surface area contributed by atoms with E-state index in [0.29, 0.717) is 61.6 Å². The first-order valence-corrected chi connectivity index (χ1v) is 45.1. The number of rotatable bonds is 47. The molecule has 0 spiro atoms. The summed E-state index contributed by atoms with van der Waals surface area (Å²) in [5.74, 6) is -13.8. The summed E-state index contributed by atoms with van der Waals surface area (Å²) in [6.07, 6.45) is 2.15. The SMILES string of the molecule is N=C(N)NCCC[C@H](NC(=O)[C@H](Cc1ccc2ccccc2c1)NC(=O)CN1CCN(CC(=O)O)CCN(CC(=O)O)CCN(CC(=O)O)CC1)C(=O)N[C@@H](Cc1c[nH]c2ccccc12)C(=O)N[C@@H](CO)C(=O)N[C@@H](CCCN)C(=O)N[C@H](CCCNC(=N)N)C(=O)N[C@@H](Cc1c[nH]c2ccccc12)C(=O)N[C@H](Cc1ccc(C(=O)c2ccccc2)cc1)C(=O)N1CCC[C@H]1C(=O)NNC(N)=O. The number of aromatic nitrogens is 2. The molecule has 9 atom stereocenters. The first-order chi connectivity index (χ1) is 65.8. The number of nitrogens with one attached hydrogen (secondary N) is 16. The van der Waals surface area contributed by atoms with Crippen LogP contribution in [0.4, 0.5) is 4.79 Å². The summed E-state index contributed by atoms with van der Waals surface area (Å²) < 4.78 is 0. The number of nitrogens with two attached hydrogens (primary N) is 4. The second-order valence-electron chi connectivity index (χ2n) is 33.7. The molecule has 2 aromatic heterocycles. The zero-order valence-electron chi connectivity index (χ0n) is 75.7. The van der Waals surface area contributed by atoms with Crippen LogP contribution in [0.25, 0.3) is 32.6 Å². The Bertz CT molecular complexity index is 5550. The van der Waals surface area contributed by atoms with Gasteiger partial charge in [-0.3, -0.25) is 103 Å². The van der Waals surface area contributed by atoms with E-state index in [0.717, 1.165) is 10.8 Å². The molecule has 12 amide bonds. The fraction of sp³-hybridized carbons (Fsp3) is 0.409. The number of carboxylic acids is 3. The van der Waals surface area contributed by atoms with Crippen molar-refractivity contribution in [3.8, 4) is 0 Å². The topological polar surface area (TPSA) is 681 Å². The quantitative estimate of drug-likeness (QED) is 0.00622. The number of benzene rings is 6. The van der Waals surface area contributed by atoms with E-state index in [1.54, 1.807) is 141 Å². The van der Waals surface area contributed by atoms with Gasteiger partial charge in [-0.2, -0.15) is 0 Å². The van der Waals surface area contributed by atoms with Crippen molar-refractivity contribution in [3.63, 3.8) is 0 Å². The van der Waals surface area contributed by atoms with Crippen molar-refractivity contribution in [2.45, 2.75) is 131 Å². The number of carbonyl (C=O) groups is 15. The lowest BCUT2D eigenvalue weighted by atomic mass is 9.98. The number of ketones is 1. The molecule has 44 heteroatoms. The summed E-state index contributed by atoms with van der Waals surface area (Å²) >= 11 is 0. The maximum absolute atomic E-state index is 15.5. The predicted molar refractivity (Wildman–Crippen MR) is 505 cm³/mol. The number of urea groups is 1. The molecule has 28 N–H and O–H groups in total. The molecule has 2 aliphatic rings. The van der Waals surface area contributed by atoms with E-state index in [-0.39, 0.29) is 155 Å². The molecule has 8 aromatic rings. The summed E-state index contributed by atoms with van der Waals surface area (Å²) in [5.41, 5.74) is 30.9. The molecule has 0 aliphatic carbocycles. The number of aliphatic carboxylic acids is 3. The standard InChI is InChI=1S/C93H121N25O19/c94-32-10-22-68(82(128)105-69(23-11-33-100-91(95)96)83(129)108-72(47-62-49-102-66-20-8-6-18-64(62)66)86(132)110-74(90(136)118-35-13-25-76(118)89(135)112-113-93(99)137)45-56-26-30-60(31-27-56)81(127)59-15-2-1-3-16-59)107-88(134)75(55-119)111-87(133)73(48-63-50-103-67-21-9-7-19-65(63)67)109-84(130)70(24-12-34-101-92(97)98)106-85(131)71(46-57-28-29-58-14-4-5-17-61(58)44-57)104-77(120)51-114-36-38-115(52-78(121)122)40-42-117(54-80(125)126)43-41-116(39-37-114)53-79(123)124/h1-9,14-21,26-31,44,49-50,68-76,102-103,119H,10-13,22-25,32-43,45-48,51-55,94H2,(H,104,120)(H,105,128)(H,106,131)(H,107,134)(H,108,129)(H,109,130)(H,110,132)(H,111,133)(H,112,135)(H,121,122)(H,123,124)(H,125,126)(H4,95,96,100)(H4,97,98,101)(H3,99,113,137)/t68-,69+,70-,71-,72-,73-,74+,75-,76-/m0/s1. The van der Waals surface area contributed by atoms with Gasteiger partial charge in [0.25, 0.3) is 5.91 Å². The molecule has 0 bridgehead atoms. The Labute approximate surface area is 788 Å². The highest BCUT2D eigenvalue weighted by molar-refractivity contribution is 6.09. The second-order valence-corrected chi connectivity index (χ2v) is 33.7. The molecule has 2 fully saturated rings. The van der Waals surface area contributed by atoms with Gasteiger partial charge < -0.3 is 111 Å². The molecule has 6 aromatic carbocycles. The van der Waals surface area contributed by atoms with Crippen LogP contribution in [-0.4, -0.2) is 321 Å². The lowest BCUT2D eigenvalue weighted by Gasteiger charge is -2.33. The monoisotopic (exact) mass is 1890 g/mol. The van der Waals surface area contributed by atoms with E-state index in [1.807, 2.05) is 41.8 Å². The maximum atomic E-state index is 15.5. The number of hydrogen-bond donors (Lipinski definition) is 24. The summed E-state index contributed by atoms with van der Waals surface area (Å²) in [4.78, 5) is 226. The molecule has 2 aliphatic heterocycles. The van der Waals surface area contributed by atoms with Gasteiger partial charge in [0.15, 0.2) is 17.7 Å². The van der Waals surface area contributed by atoms with E-state index >= 15 is 33.6 Å². The Balaban J connectivity index is 0.904. The van der Waals surface area contributed by atoms with Crippen LogP contribution in [0.2, 0.25) is 0 Å². The number of aliphatic hydroxyl groups is 1.